The summed E-state index contributed by atoms with van der Waals surface area (Å²) in [5.74, 6) is 0.220. The van der Waals surface area contributed by atoms with Crippen LogP contribution in [0.25, 0.3) is 0 Å². The first-order valence-corrected chi connectivity index (χ1v) is 8.29. The molecule has 0 saturated carbocycles. The van der Waals surface area contributed by atoms with E-state index in [1.807, 2.05) is 9.80 Å². The van der Waals surface area contributed by atoms with Gasteiger partial charge in [-0.3, -0.25) is 9.88 Å². The number of anilines is 1. The number of likely N-dealkylation sites (tertiary alicyclic amines) is 1. The van der Waals surface area contributed by atoms with E-state index in [2.05, 4.69) is 4.98 Å². The molecular formula is C16H22F3N3O3. The summed E-state index contributed by atoms with van der Waals surface area (Å²) in [5, 5.41) is 29.1. The molecule has 0 aliphatic carbocycles. The van der Waals surface area contributed by atoms with Crippen LogP contribution in [-0.4, -0.2) is 76.2 Å². The van der Waals surface area contributed by atoms with Gasteiger partial charge in [0.05, 0.1) is 12.2 Å². The Labute approximate surface area is 143 Å². The van der Waals surface area contributed by atoms with E-state index >= 15 is 0 Å². The molecule has 1 aromatic rings. The highest BCUT2D eigenvalue weighted by Crippen LogP contribution is 2.31. The van der Waals surface area contributed by atoms with Crippen LogP contribution in [0.4, 0.5) is 18.9 Å². The lowest BCUT2D eigenvalue weighted by Gasteiger charge is -2.38. The fourth-order valence-corrected chi connectivity index (χ4v) is 3.58. The van der Waals surface area contributed by atoms with Crippen LogP contribution in [0.5, 0.6) is 0 Å². The maximum Gasteiger partial charge on any atom is 0.433 e. The molecule has 3 rings (SSSR count). The molecule has 1 aromatic heterocycles. The third-order valence-corrected chi connectivity index (χ3v) is 4.88. The minimum Gasteiger partial charge on any atom is -0.389 e. The van der Waals surface area contributed by atoms with Crippen molar-refractivity contribution in [1.29, 1.82) is 0 Å². The molecule has 2 aliphatic heterocycles. The van der Waals surface area contributed by atoms with Crippen LogP contribution in [0.3, 0.4) is 0 Å². The molecule has 140 valence electrons. The Morgan fingerprint density at radius 2 is 1.80 bits per heavy atom. The van der Waals surface area contributed by atoms with E-state index in [0.29, 0.717) is 25.3 Å². The van der Waals surface area contributed by atoms with Crippen molar-refractivity contribution in [2.24, 2.45) is 5.92 Å². The lowest BCUT2D eigenvalue weighted by molar-refractivity contribution is -0.141. The number of hydrogen-bond donors (Lipinski definition) is 3. The fourth-order valence-electron chi connectivity index (χ4n) is 3.58. The van der Waals surface area contributed by atoms with Crippen LogP contribution >= 0.6 is 0 Å². The van der Waals surface area contributed by atoms with E-state index in [0.717, 1.165) is 12.5 Å². The average molecular weight is 361 g/mol. The minimum atomic E-state index is -4.46. The van der Waals surface area contributed by atoms with Crippen LogP contribution < -0.4 is 4.90 Å². The summed E-state index contributed by atoms with van der Waals surface area (Å²) in [6.07, 6.45) is -5.59. The molecule has 0 amide bonds. The molecule has 2 fully saturated rings. The van der Waals surface area contributed by atoms with Crippen molar-refractivity contribution in [3.05, 3.63) is 24.0 Å². The van der Waals surface area contributed by atoms with Gasteiger partial charge >= 0.3 is 6.18 Å². The summed E-state index contributed by atoms with van der Waals surface area (Å²) >= 11 is 0. The number of halogens is 3. The Kier molecular flexibility index (Phi) is 5.19. The van der Waals surface area contributed by atoms with Crippen molar-refractivity contribution in [1.82, 2.24) is 9.88 Å². The molecule has 0 spiro atoms. The first-order chi connectivity index (χ1) is 11.7. The summed E-state index contributed by atoms with van der Waals surface area (Å²) < 4.78 is 38.4. The van der Waals surface area contributed by atoms with Gasteiger partial charge in [0, 0.05) is 44.6 Å². The highest BCUT2D eigenvalue weighted by Gasteiger charge is 2.36. The third kappa shape index (κ3) is 4.22. The number of pyridine rings is 1. The van der Waals surface area contributed by atoms with Gasteiger partial charge in [-0.25, -0.2) is 0 Å². The quantitative estimate of drug-likeness (QED) is 0.720. The van der Waals surface area contributed by atoms with Crippen LogP contribution in [-0.2, 0) is 6.18 Å². The number of aliphatic hydroxyl groups excluding tert-OH is 3. The number of aromatic nitrogens is 1. The Hall–Kier alpha value is -1.42. The van der Waals surface area contributed by atoms with Gasteiger partial charge in [-0.2, -0.15) is 13.2 Å². The number of aliphatic hydroxyl groups is 3. The number of hydrogen-bond acceptors (Lipinski definition) is 6. The fraction of sp³-hybridized carbons (Fsp3) is 0.688. The zero-order valence-corrected chi connectivity index (χ0v) is 13.6. The van der Waals surface area contributed by atoms with Gasteiger partial charge in [0.2, 0.25) is 0 Å². The Morgan fingerprint density at radius 3 is 2.44 bits per heavy atom. The molecule has 2 saturated heterocycles. The van der Waals surface area contributed by atoms with E-state index in [4.69, 9.17) is 0 Å². The van der Waals surface area contributed by atoms with Crippen molar-refractivity contribution in [2.45, 2.75) is 30.9 Å². The zero-order chi connectivity index (χ0) is 18.2. The van der Waals surface area contributed by atoms with Gasteiger partial charge in [-0.05, 0) is 24.5 Å². The van der Waals surface area contributed by atoms with Crippen LogP contribution in [0.1, 0.15) is 12.1 Å². The second-order valence-corrected chi connectivity index (χ2v) is 6.84. The summed E-state index contributed by atoms with van der Waals surface area (Å²) in [7, 11) is 0. The van der Waals surface area contributed by atoms with Gasteiger partial charge in [0.1, 0.15) is 11.8 Å². The maximum absolute atomic E-state index is 12.8. The number of β-amino-alcohol motifs (C(OH)–C–C–N with tert-alkyl or cyclic N) is 2. The molecular weight excluding hydrogens is 339 g/mol. The van der Waals surface area contributed by atoms with Crippen molar-refractivity contribution in [2.75, 3.05) is 37.6 Å². The Balaban J connectivity index is 1.59. The van der Waals surface area contributed by atoms with Gasteiger partial charge in [-0.15, -0.1) is 0 Å². The first kappa shape index (κ1) is 18.4. The predicted molar refractivity (Wildman–Crippen MR) is 84.0 cm³/mol. The van der Waals surface area contributed by atoms with Gasteiger partial charge < -0.3 is 20.2 Å². The molecule has 2 aliphatic rings. The topological polar surface area (TPSA) is 80.1 Å². The highest BCUT2D eigenvalue weighted by atomic mass is 19.4. The van der Waals surface area contributed by atoms with E-state index in [9.17, 15) is 28.5 Å². The Morgan fingerprint density at radius 1 is 1.12 bits per heavy atom. The summed E-state index contributed by atoms with van der Waals surface area (Å²) in [4.78, 5) is 7.17. The monoisotopic (exact) mass is 361 g/mol. The second kappa shape index (κ2) is 7.06. The van der Waals surface area contributed by atoms with E-state index < -0.39 is 30.2 Å². The second-order valence-electron chi connectivity index (χ2n) is 6.84. The molecule has 9 heteroatoms. The standard InChI is InChI=1S/C16H22F3N3O3/c17-16(18,19)14-5-11(1-3-20-14)22-4-2-10(7-22)6-21-8-12(23)15(25)13(24)9-21/h1,3,5,10,12-13,15,23-25H,2,4,6-9H2/t10-,12-,13+,15?/m0/s1. The average Bonchev–Trinajstić information content (AvgIpc) is 3.00. The highest BCUT2D eigenvalue weighted by molar-refractivity contribution is 5.48. The maximum atomic E-state index is 12.8. The van der Waals surface area contributed by atoms with E-state index in [1.165, 1.54) is 6.20 Å². The lowest BCUT2D eigenvalue weighted by Crippen LogP contribution is -2.56. The SMILES string of the molecule is OC1[C@H](O)CN(C[C@@H]2CCN(c3ccnc(C(F)(F)F)c3)C2)C[C@@H]1O. The molecule has 3 heterocycles. The molecule has 25 heavy (non-hydrogen) atoms. The largest absolute Gasteiger partial charge is 0.433 e. The van der Waals surface area contributed by atoms with Crippen LogP contribution in [0, 0.1) is 5.92 Å². The van der Waals surface area contributed by atoms with E-state index in [-0.39, 0.29) is 19.0 Å². The summed E-state index contributed by atoms with van der Waals surface area (Å²) in [6.45, 7) is 2.43. The molecule has 4 atom stereocenters. The molecule has 0 aromatic carbocycles. The van der Waals surface area contributed by atoms with Crippen molar-refractivity contribution >= 4 is 5.69 Å². The van der Waals surface area contributed by atoms with Crippen molar-refractivity contribution in [3.8, 4) is 0 Å². The Bertz CT molecular complexity index is 589. The molecule has 3 N–H and O–H groups in total. The first-order valence-electron chi connectivity index (χ1n) is 8.29. The normalized spacial score (nSPS) is 31.5. The van der Waals surface area contributed by atoms with Crippen LogP contribution in [0.15, 0.2) is 18.3 Å². The number of alkyl halides is 3. The molecule has 0 radical (unpaired) electrons. The van der Waals surface area contributed by atoms with Gasteiger partial charge in [0.25, 0.3) is 0 Å². The summed E-state index contributed by atoms with van der Waals surface area (Å²) in [6, 6.07) is 2.63. The molecule has 1 unspecified atom stereocenters. The summed E-state index contributed by atoms with van der Waals surface area (Å²) in [5.41, 5.74) is -0.399. The lowest BCUT2D eigenvalue weighted by atomic mass is 10.00. The third-order valence-electron chi connectivity index (χ3n) is 4.88. The number of rotatable bonds is 3. The number of nitrogens with zero attached hydrogens (tertiary/aromatic N) is 3. The predicted octanol–water partition coefficient (Wildman–Crippen LogP) is 0.325. The minimum absolute atomic E-state index is 0.220. The van der Waals surface area contributed by atoms with Crippen molar-refractivity contribution < 1.29 is 28.5 Å². The number of piperidine rings is 1. The van der Waals surface area contributed by atoms with Gasteiger partial charge in [0.15, 0.2) is 0 Å². The van der Waals surface area contributed by atoms with Crippen molar-refractivity contribution in [3.63, 3.8) is 0 Å². The molecule has 0 bridgehead atoms. The smallest absolute Gasteiger partial charge is 0.389 e. The van der Waals surface area contributed by atoms with E-state index in [1.54, 1.807) is 6.07 Å². The van der Waals surface area contributed by atoms with Gasteiger partial charge in [-0.1, -0.05) is 0 Å². The van der Waals surface area contributed by atoms with Crippen LogP contribution in [0.2, 0.25) is 0 Å². The molecule has 6 nitrogen and oxygen atoms in total. The zero-order valence-electron chi connectivity index (χ0n) is 13.6.